The number of phenolic OH excluding ortho intramolecular Hbond substituents is 1. The molecule has 39 heavy (non-hydrogen) atoms. The highest BCUT2D eigenvalue weighted by molar-refractivity contribution is 6.07. The van der Waals surface area contributed by atoms with Gasteiger partial charge >= 0.3 is 0 Å². The molecule has 0 saturated heterocycles. The third-order valence-corrected chi connectivity index (χ3v) is 6.22. The SMILES string of the molecule is O=C(NCc1ccc(F)cc1)c1ccc(NC(=O)c2cc3ccccc3[nH]2)c(OCCc2ccc(O)cc2)c1. The molecular formula is C31H26FN3O4. The quantitative estimate of drug-likeness (QED) is 0.196. The lowest BCUT2D eigenvalue weighted by Crippen LogP contribution is -2.23. The summed E-state index contributed by atoms with van der Waals surface area (Å²) in [4.78, 5) is 29.0. The molecule has 0 unspecified atom stereocenters. The van der Waals surface area contributed by atoms with Crippen molar-refractivity contribution in [3.8, 4) is 11.5 Å². The molecule has 8 heteroatoms. The van der Waals surface area contributed by atoms with Crippen LogP contribution >= 0.6 is 0 Å². The summed E-state index contributed by atoms with van der Waals surface area (Å²) in [7, 11) is 0. The van der Waals surface area contributed by atoms with E-state index in [1.165, 1.54) is 12.1 Å². The number of anilines is 1. The van der Waals surface area contributed by atoms with E-state index in [2.05, 4.69) is 15.6 Å². The number of ether oxygens (including phenoxy) is 1. The highest BCUT2D eigenvalue weighted by Gasteiger charge is 2.16. The lowest BCUT2D eigenvalue weighted by atomic mass is 10.1. The van der Waals surface area contributed by atoms with Gasteiger partial charge in [-0.3, -0.25) is 9.59 Å². The Morgan fingerprint density at radius 2 is 1.59 bits per heavy atom. The van der Waals surface area contributed by atoms with Crippen LogP contribution in [0.3, 0.4) is 0 Å². The van der Waals surface area contributed by atoms with Crippen LogP contribution in [0, 0.1) is 5.82 Å². The van der Waals surface area contributed by atoms with Crippen LogP contribution in [0.15, 0.2) is 97.1 Å². The number of nitrogens with one attached hydrogen (secondary N) is 3. The highest BCUT2D eigenvalue weighted by atomic mass is 19.1. The van der Waals surface area contributed by atoms with Gasteiger partial charge < -0.3 is 25.5 Å². The molecule has 0 spiro atoms. The fourth-order valence-corrected chi connectivity index (χ4v) is 4.10. The van der Waals surface area contributed by atoms with Crippen molar-refractivity contribution in [1.82, 2.24) is 10.3 Å². The van der Waals surface area contributed by atoms with Crippen LogP contribution in [0.1, 0.15) is 32.0 Å². The van der Waals surface area contributed by atoms with Crippen LogP contribution in [-0.4, -0.2) is 28.5 Å². The Labute approximate surface area is 224 Å². The molecule has 4 aromatic carbocycles. The van der Waals surface area contributed by atoms with E-state index in [-0.39, 0.29) is 36.5 Å². The maximum absolute atomic E-state index is 13.2. The molecule has 5 aromatic rings. The Kier molecular flexibility index (Phi) is 7.54. The number of carbonyl (C=O) groups excluding carboxylic acids is 2. The molecule has 7 nitrogen and oxygen atoms in total. The number of halogens is 1. The van der Waals surface area contributed by atoms with Gasteiger partial charge in [0.15, 0.2) is 0 Å². The number of amides is 2. The normalized spacial score (nSPS) is 10.8. The number of fused-ring (bicyclic) bond motifs is 1. The van der Waals surface area contributed by atoms with E-state index in [4.69, 9.17) is 4.74 Å². The van der Waals surface area contributed by atoms with Crippen molar-refractivity contribution in [3.05, 3.63) is 125 Å². The summed E-state index contributed by atoms with van der Waals surface area (Å²) in [5.41, 5.74) is 3.73. The van der Waals surface area contributed by atoms with Gasteiger partial charge in [-0.2, -0.15) is 0 Å². The number of para-hydroxylation sites is 1. The third-order valence-electron chi connectivity index (χ3n) is 6.22. The number of aromatic nitrogens is 1. The Bertz CT molecular complexity index is 1580. The Morgan fingerprint density at radius 3 is 2.36 bits per heavy atom. The highest BCUT2D eigenvalue weighted by Crippen LogP contribution is 2.28. The zero-order valence-corrected chi connectivity index (χ0v) is 20.9. The number of aromatic amines is 1. The predicted octanol–water partition coefficient (Wildman–Crippen LogP) is 5.82. The Balaban J connectivity index is 1.33. The van der Waals surface area contributed by atoms with Gasteiger partial charge in [-0.05, 0) is 65.7 Å². The summed E-state index contributed by atoms with van der Waals surface area (Å²) in [6.45, 7) is 0.510. The fourth-order valence-electron chi connectivity index (χ4n) is 4.10. The van der Waals surface area contributed by atoms with E-state index in [1.54, 1.807) is 60.7 Å². The van der Waals surface area contributed by atoms with Gasteiger partial charge in [0, 0.05) is 29.4 Å². The first-order valence-corrected chi connectivity index (χ1v) is 12.4. The van der Waals surface area contributed by atoms with Gasteiger partial charge in [0.05, 0.1) is 12.3 Å². The summed E-state index contributed by atoms with van der Waals surface area (Å²) in [5, 5.41) is 16.1. The first-order valence-electron chi connectivity index (χ1n) is 12.4. The molecule has 0 radical (unpaired) electrons. The molecule has 4 N–H and O–H groups in total. The van der Waals surface area contributed by atoms with E-state index in [0.717, 1.165) is 22.0 Å². The summed E-state index contributed by atoms with van der Waals surface area (Å²) >= 11 is 0. The lowest BCUT2D eigenvalue weighted by Gasteiger charge is -2.14. The standard InChI is InChI=1S/C31H26FN3O4/c32-24-10-5-21(6-11-24)19-33-30(37)23-9-14-27(29(18-23)39-16-15-20-7-12-25(36)13-8-20)35-31(38)28-17-22-3-1-2-4-26(22)34-28/h1-14,17-18,34,36H,15-16,19H2,(H,33,37)(H,35,38). The van der Waals surface area contributed by atoms with E-state index >= 15 is 0 Å². The van der Waals surface area contributed by atoms with E-state index < -0.39 is 0 Å². The minimum atomic E-state index is -0.344. The van der Waals surface area contributed by atoms with Crippen molar-refractivity contribution < 1.29 is 23.8 Å². The molecule has 196 valence electrons. The smallest absolute Gasteiger partial charge is 0.272 e. The number of H-pyrrole nitrogens is 1. The molecule has 5 rings (SSSR count). The number of phenols is 1. The number of carbonyl (C=O) groups is 2. The second kappa shape index (κ2) is 11.5. The van der Waals surface area contributed by atoms with Crippen molar-refractivity contribution in [2.45, 2.75) is 13.0 Å². The molecular weight excluding hydrogens is 497 g/mol. The van der Waals surface area contributed by atoms with Crippen LogP contribution in [0.2, 0.25) is 0 Å². The summed E-state index contributed by atoms with van der Waals surface area (Å²) < 4.78 is 19.2. The summed E-state index contributed by atoms with van der Waals surface area (Å²) in [6.07, 6.45) is 0.552. The van der Waals surface area contributed by atoms with Crippen LogP contribution in [-0.2, 0) is 13.0 Å². The Hall–Kier alpha value is -5.11. The summed E-state index contributed by atoms with van der Waals surface area (Å²) in [5.74, 6) is -0.503. The van der Waals surface area contributed by atoms with Crippen molar-refractivity contribution in [2.24, 2.45) is 0 Å². The van der Waals surface area contributed by atoms with Gasteiger partial charge in [0.1, 0.15) is 23.0 Å². The van der Waals surface area contributed by atoms with Crippen LogP contribution in [0.25, 0.3) is 10.9 Å². The number of hydrogen-bond acceptors (Lipinski definition) is 4. The fraction of sp³-hybridized carbons (Fsp3) is 0.0968. The predicted molar refractivity (Wildman–Crippen MR) is 148 cm³/mol. The van der Waals surface area contributed by atoms with Crippen LogP contribution < -0.4 is 15.4 Å². The maximum Gasteiger partial charge on any atom is 0.272 e. The van der Waals surface area contributed by atoms with Gasteiger partial charge in [-0.15, -0.1) is 0 Å². The number of aromatic hydroxyl groups is 1. The average Bonchev–Trinajstić information content (AvgIpc) is 3.39. The largest absolute Gasteiger partial charge is 0.508 e. The molecule has 2 amide bonds. The van der Waals surface area contributed by atoms with Crippen molar-refractivity contribution in [1.29, 1.82) is 0 Å². The molecule has 0 fully saturated rings. The monoisotopic (exact) mass is 523 g/mol. The van der Waals surface area contributed by atoms with Crippen molar-refractivity contribution in [2.75, 3.05) is 11.9 Å². The second-order valence-corrected chi connectivity index (χ2v) is 9.01. The minimum absolute atomic E-state index is 0.181. The molecule has 1 aromatic heterocycles. The number of hydrogen-bond donors (Lipinski definition) is 4. The number of rotatable bonds is 9. The van der Waals surface area contributed by atoms with E-state index in [0.29, 0.717) is 29.1 Å². The first-order chi connectivity index (χ1) is 18.9. The van der Waals surface area contributed by atoms with Crippen LogP contribution in [0.4, 0.5) is 10.1 Å². The molecule has 0 bridgehead atoms. The molecule has 1 heterocycles. The minimum Gasteiger partial charge on any atom is -0.508 e. The van der Waals surface area contributed by atoms with Gasteiger partial charge in [-0.25, -0.2) is 4.39 Å². The third kappa shape index (κ3) is 6.42. The van der Waals surface area contributed by atoms with Crippen molar-refractivity contribution >= 4 is 28.4 Å². The zero-order chi connectivity index (χ0) is 27.2. The number of benzene rings is 4. The topological polar surface area (TPSA) is 103 Å². The first kappa shape index (κ1) is 25.5. The molecule has 0 saturated carbocycles. The van der Waals surface area contributed by atoms with Gasteiger partial charge in [0.25, 0.3) is 11.8 Å². The van der Waals surface area contributed by atoms with Gasteiger partial charge in [-0.1, -0.05) is 42.5 Å². The Morgan fingerprint density at radius 1 is 0.846 bits per heavy atom. The molecule has 0 aliphatic rings. The second-order valence-electron chi connectivity index (χ2n) is 9.01. The van der Waals surface area contributed by atoms with E-state index in [1.807, 2.05) is 24.3 Å². The zero-order valence-electron chi connectivity index (χ0n) is 20.9. The molecule has 0 atom stereocenters. The molecule has 0 aliphatic carbocycles. The van der Waals surface area contributed by atoms with Crippen molar-refractivity contribution in [3.63, 3.8) is 0 Å². The molecule has 0 aliphatic heterocycles. The maximum atomic E-state index is 13.2. The lowest BCUT2D eigenvalue weighted by molar-refractivity contribution is 0.0950. The average molecular weight is 524 g/mol. The van der Waals surface area contributed by atoms with Gasteiger partial charge in [0.2, 0.25) is 0 Å². The summed E-state index contributed by atoms with van der Waals surface area (Å²) in [6, 6.07) is 26.9. The van der Waals surface area contributed by atoms with E-state index in [9.17, 15) is 19.1 Å². The van der Waals surface area contributed by atoms with Crippen LogP contribution in [0.5, 0.6) is 11.5 Å².